The number of benzene rings is 1. The maximum atomic E-state index is 11.9. The SMILES string of the molecule is CC(C)c1ccc(C(=O)CS(=O)CCCC(=O)O)cc1. The number of Topliss-reactive ketones (excluding diaryl/α,β-unsaturated/α-hetero) is 1. The number of carboxylic acids is 1. The Morgan fingerprint density at radius 3 is 2.30 bits per heavy atom. The molecule has 0 bridgehead atoms. The second-order valence-corrected chi connectivity index (χ2v) is 6.56. The Balaban J connectivity index is 2.49. The second kappa shape index (κ2) is 7.94. The van der Waals surface area contributed by atoms with Gasteiger partial charge in [0.2, 0.25) is 0 Å². The van der Waals surface area contributed by atoms with Gasteiger partial charge in [0.25, 0.3) is 0 Å². The zero-order valence-electron chi connectivity index (χ0n) is 11.8. The molecule has 0 amide bonds. The summed E-state index contributed by atoms with van der Waals surface area (Å²) >= 11 is 0. The Labute approximate surface area is 121 Å². The number of carboxylic acid groups (broad SMARTS) is 1. The summed E-state index contributed by atoms with van der Waals surface area (Å²) in [6.07, 6.45) is 0.324. The van der Waals surface area contributed by atoms with Crippen molar-refractivity contribution in [3.8, 4) is 0 Å². The van der Waals surface area contributed by atoms with E-state index in [1.54, 1.807) is 12.1 Å². The predicted octanol–water partition coefficient (Wildman–Crippen LogP) is 2.61. The molecule has 1 rings (SSSR count). The number of aliphatic carboxylic acids is 1. The van der Waals surface area contributed by atoms with Crippen molar-refractivity contribution in [2.75, 3.05) is 11.5 Å². The van der Waals surface area contributed by atoms with Gasteiger partial charge in [-0.1, -0.05) is 38.1 Å². The van der Waals surface area contributed by atoms with Crippen molar-refractivity contribution in [2.45, 2.75) is 32.6 Å². The quantitative estimate of drug-likeness (QED) is 0.748. The molecule has 0 saturated carbocycles. The Morgan fingerprint density at radius 1 is 1.20 bits per heavy atom. The number of hydrogen-bond donors (Lipinski definition) is 1. The van der Waals surface area contributed by atoms with E-state index >= 15 is 0 Å². The number of hydrogen-bond acceptors (Lipinski definition) is 3. The van der Waals surface area contributed by atoms with Gasteiger partial charge in [-0.2, -0.15) is 0 Å². The van der Waals surface area contributed by atoms with Crippen molar-refractivity contribution in [1.29, 1.82) is 0 Å². The van der Waals surface area contributed by atoms with E-state index in [0.29, 0.717) is 17.9 Å². The molecular formula is C15H20O4S. The fourth-order valence-corrected chi connectivity index (χ4v) is 2.81. The first-order valence-corrected chi connectivity index (χ1v) is 8.09. The molecule has 0 heterocycles. The third-order valence-electron chi connectivity index (χ3n) is 2.95. The normalized spacial score (nSPS) is 12.3. The van der Waals surface area contributed by atoms with Crippen molar-refractivity contribution >= 4 is 22.6 Å². The summed E-state index contributed by atoms with van der Waals surface area (Å²) in [6.45, 7) is 4.16. The van der Waals surface area contributed by atoms with Crippen LogP contribution >= 0.6 is 0 Å². The standard InChI is InChI=1S/C15H20O4S/c1-11(2)12-5-7-13(8-6-12)14(16)10-20(19)9-3-4-15(17)18/h5-8,11H,3-4,9-10H2,1-2H3,(H,17,18). The van der Waals surface area contributed by atoms with Crippen molar-refractivity contribution in [3.05, 3.63) is 35.4 Å². The lowest BCUT2D eigenvalue weighted by Crippen LogP contribution is -2.14. The van der Waals surface area contributed by atoms with Gasteiger partial charge >= 0.3 is 5.97 Å². The first kappa shape index (κ1) is 16.6. The molecule has 0 fully saturated rings. The van der Waals surface area contributed by atoms with Crippen LogP contribution in [0.2, 0.25) is 0 Å². The van der Waals surface area contributed by atoms with Gasteiger partial charge in [0.1, 0.15) is 0 Å². The second-order valence-electron chi connectivity index (χ2n) is 4.99. The van der Waals surface area contributed by atoms with E-state index in [1.807, 2.05) is 12.1 Å². The van der Waals surface area contributed by atoms with Crippen molar-refractivity contribution in [2.24, 2.45) is 0 Å². The fraction of sp³-hybridized carbons (Fsp3) is 0.467. The summed E-state index contributed by atoms with van der Waals surface area (Å²) in [6, 6.07) is 7.33. The van der Waals surface area contributed by atoms with E-state index in [0.717, 1.165) is 5.56 Å². The molecule has 1 atom stereocenters. The number of carbonyl (C=O) groups excluding carboxylic acids is 1. The number of carbonyl (C=O) groups is 2. The van der Waals surface area contributed by atoms with Crippen LogP contribution in [0.25, 0.3) is 0 Å². The van der Waals surface area contributed by atoms with Crippen molar-refractivity contribution in [3.63, 3.8) is 0 Å². The van der Waals surface area contributed by atoms with Gasteiger partial charge in [0.05, 0.1) is 5.75 Å². The van der Waals surface area contributed by atoms with Gasteiger partial charge in [-0.15, -0.1) is 0 Å². The van der Waals surface area contributed by atoms with E-state index < -0.39 is 16.8 Å². The average molecular weight is 296 g/mol. The predicted molar refractivity (Wildman–Crippen MR) is 79.6 cm³/mol. The molecule has 1 N–H and O–H groups in total. The van der Waals surface area contributed by atoms with E-state index in [1.165, 1.54) is 0 Å². The summed E-state index contributed by atoms with van der Waals surface area (Å²) in [5, 5.41) is 8.49. The molecule has 0 saturated heterocycles. The lowest BCUT2D eigenvalue weighted by atomic mass is 10.0. The molecule has 1 aromatic carbocycles. The smallest absolute Gasteiger partial charge is 0.303 e. The maximum Gasteiger partial charge on any atom is 0.303 e. The summed E-state index contributed by atoms with van der Waals surface area (Å²) in [5.74, 6) is -0.446. The van der Waals surface area contributed by atoms with Crippen LogP contribution in [-0.4, -0.2) is 32.6 Å². The van der Waals surface area contributed by atoms with Crippen LogP contribution in [0.15, 0.2) is 24.3 Å². The summed E-state index contributed by atoms with van der Waals surface area (Å²) in [5.41, 5.74) is 1.71. The minimum atomic E-state index is -1.29. The Morgan fingerprint density at radius 2 is 1.80 bits per heavy atom. The van der Waals surface area contributed by atoms with Gasteiger partial charge in [0.15, 0.2) is 5.78 Å². The van der Waals surface area contributed by atoms with Gasteiger partial charge in [-0.25, -0.2) is 0 Å². The average Bonchev–Trinajstić information content (AvgIpc) is 2.38. The van der Waals surface area contributed by atoms with Crippen molar-refractivity contribution in [1.82, 2.24) is 0 Å². The van der Waals surface area contributed by atoms with Gasteiger partial charge in [-0.3, -0.25) is 13.8 Å². The Bertz CT molecular complexity index is 491. The maximum absolute atomic E-state index is 11.9. The third kappa shape index (κ3) is 5.65. The molecule has 1 unspecified atom stereocenters. The molecule has 0 aliphatic carbocycles. The fourth-order valence-electron chi connectivity index (χ4n) is 1.74. The largest absolute Gasteiger partial charge is 0.481 e. The van der Waals surface area contributed by atoms with Crippen molar-refractivity contribution < 1.29 is 18.9 Å². The minimum Gasteiger partial charge on any atom is -0.481 e. The topological polar surface area (TPSA) is 71.4 Å². The zero-order chi connectivity index (χ0) is 15.1. The number of ketones is 1. The van der Waals surface area contributed by atoms with E-state index in [2.05, 4.69) is 13.8 Å². The van der Waals surface area contributed by atoms with E-state index in [9.17, 15) is 13.8 Å². The van der Waals surface area contributed by atoms with Crippen LogP contribution < -0.4 is 0 Å². The van der Waals surface area contributed by atoms with Gasteiger partial charge in [-0.05, 0) is 17.9 Å². The van der Waals surface area contributed by atoms with Crippen LogP contribution in [0.4, 0.5) is 0 Å². The first-order chi connectivity index (χ1) is 9.40. The molecule has 1 aromatic rings. The molecule has 4 nitrogen and oxygen atoms in total. The minimum absolute atomic E-state index is 0.0109. The molecule has 20 heavy (non-hydrogen) atoms. The van der Waals surface area contributed by atoms with Crippen LogP contribution in [0, 0.1) is 0 Å². The molecule has 0 spiro atoms. The Kier molecular flexibility index (Phi) is 6.58. The molecule has 0 aliphatic heterocycles. The lowest BCUT2D eigenvalue weighted by Gasteiger charge is -2.06. The molecule has 110 valence electrons. The van der Waals surface area contributed by atoms with Crippen LogP contribution in [0.3, 0.4) is 0 Å². The zero-order valence-corrected chi connectivity index (χ0v) is 12.6. The highest BCUT2D eigenvalue weighted by Gasteiger charge is 2.11. The highest BCUT2D eigenvalue weighted by molar-refractivity contribution is 7.85. The molecular weight excluding hydrogens is 276 g/mol. The van der Waals surface area contributed by atoms with Crippen LogP contribution in [-0.2, 0) is 15.6 Å². The lowest BCUT2D eigenvalue weighted by molar-refractivity contribution is -0.137. The van der Waals surface area contributed by atoms with Gasteiger partial charge < -0.3 is 5.11 Å². The van der Waals surface area contributed by atoms with Crippen LogP contribution in [0.1, 0.15) is 48.5 Å². The van der Waals surface area contributed by atoms with E-state index in [-0.39, 0.29) is 23.7 Å². The first-order valence-electron chi connectivity index (χ1n) is 6.60. The summed E-state index contributed by atoms with van der Waals surface area (Å²) < 4.78 is 11.7. The van der Waals surface area contributed by atoms with E-state index in [4.69, 9.17) is 5.11 Å². The summed E-state index contributed by atoms with van der Waals surface area (Å²) in [7, 11) is -1.29. The number of rotatable bonds is 8. The summed E-state index contributed by atoms with van der Waals surface area (Å²) in [4.78, 5) is 22.3. The Hall–Kier alpha value is -1.49. The highest BCUT2D eigenvalue weighted by Crippen LogP contribution is 2.15. The highest BCUT2D eigenvalue weighted by atomic mass is 32.2. The van der Waals surface area contributed by atoms with Gasteiger partial charge in [0, 0.05) is 28.5 Å². The monoisotopic (exact) mass is 296 g/mol. The molecule has 0 aromatic heterocycles. The molecule has 5 heteroatoms. The molecule has 0 aliphatic rings. The molecule has 0 radical (unpaired) electrons. The van der Waals surface area contributed by atoms with Crippen LogP contribution in [0.5, 0.6) is 0 Å². The third-order valence-corrected chi connectivity index (χ3v) is 4.28.